The Morgan fingerprint density at radius 2 is 2.06 bits per heavy atom. The second-order valence-electron chi connectivity index (χ2n) is 7.75. The number of anilines is 1. The van der Waals surface area contributed by atoms with Crippen molar-refractivity contribution in [2.75, 3.05) is 18.4 Å². The van der Waals surface area contributed by atoms with Crippen LogP contribution in [0.15, 0.2) is 35.4 Å². The fourth-order valence-corrected chi connectivity index (χ4v) is 3.57. The van der Waals surface area contributed by atoms with Crippen molar-refractivity contribution in [2.45, 2.75) is 43.5 Å². The van der Waals surface area contributed by atoms with Crippen LogP contribution in [0.2, 0.25) is 0 Å². The predicted molar refractivity (Wildman–Crippen MR) is 104 cm³/mol. The zero-order chi connectivity index (χ0) is 24.6. The van der Waals surface area contributed by atoms with Crippen molar-refractivity contribution in [3.8, 4) is 0 Å². The first-order valence-corrected chi connectivity index (χ1v) is 9.81. The van der Waals surface area contributed by atoms with Gasteiger partial charge in [0.15, 0.2) is 6.10 Å². The van der Waals surface area contributed by atoms with Crippen molar-refractivity contribution in [1.29, 1.82) is 0 Å². The molecule has 2 aromatic heterocycles. The molecule has 0 radical (unpaired) electrons. The number of amides is 1. The monoisotopic (exact) mass is 478 g/mol. The molecule has 1 aliphatic rings. The summed E-state index contributed by atoms with van der Waals surface area (Å²) in [5.74, 6) is -6.16. The third-order valence-corrected chi connectivity index (χ3v) is 5.53. The first-order chi connectivity index (χ1) is 15.3. The first kappa shape index (κ1) is 24.7. The molecule has 0 aromatic carbocycles. The van der Waals surface area contributed by atoms with Gasteiger partial charge in [-0.2, -0.15) is 13.2 Å². The molecule has 3 rings (SSSR count). The molecule has 1 saturated heterocycles. The van der Waals surface area contributed by atoms with Gasteiger partial charge in [0.1, 0.15) is 11.6 Å². The fourth-order valence-electron chi connectivity index (χ4n) is 3.57. The largest absolute Gasteiger partial charge is 0.418 e. The van der Waals surface area contributed by atoms with Crippen LogP contribution in [0.5, 0.6) is 0 Å². The van der Waals surface area contributed by atoms with Gasteiger partial charge in [-0.05, 0) is 30.7 Å². The molecule has 0 bridgehead atoms. The van der Waals surface area contributed by atoms with Crippen molar-refractivity contribution in [2.24, 2.45) is 0 Å². The minimum absolute atomic E-state index is 0.0542. The predicted octanol–water partition coefficient (Wildman–Crippen LogP) is 2.96. The van der Waals surface area contributed by atoms with Crippen molar-refractivity contribution in [3.05, 3.63) is 57.9 Å². The van der Waals surface area contributed by atoms with Crippen LogP contribution in [0.1, 0.15) is 36.5 Å². The highest BCUT2D eigenvalue weighted by atomic mass is 19.4. The van der Waals surface area contributed by atoms with E-state index in [0.29, 0.717) is 6.07 Å². The number of pyridine rings is 2. The Balaban J connectivity index is 1.82. The van der Waals surface area contributed by atoms with Crippen molar-refractivity contribution >= 4 is 11.7 Å². The van der Waals surface area contributed by atoms with E-state index in [-0.39, 0.29) is 17.9 Å². The molecule has 3 heterocycles. The lowest BCUT2D eigenvalue weighted by molar-refractivity contribution is -0.207. The average molecular weight is 478 g/mol. The quantitative estimate of drug-likeness (QED) is 0.575. The number of hydrogen-bond donors (Lipinski definition) is 3. The molecule has 1 fully saturated rings. The molecule has 2 unspecified atom stereocenters. The van der Waals surface area contributed by atoms with Gasteiger partial charge in [0, 0.05) is 25.7 Å². The smallest absolute Gasteiger partial charge is 0.379 e. The van der Waals surface area contributed by atoms with E-state index in [1.54, 1.807) is 0 Å². The van der Waals surface area contributed by atoms with E-state index in [0.717, 1.165) is 18.5 Å². The molecule has 0 saturated carbocycles. The maximum atomic E-state index is 14.7. The number of hydrogen-bond acceptors (Lipinski definition) is 5. The number of aromatic amines is 1. The summed E-state index contributed by atoms with van der Waals surface area (Å²) in [5.41, 5.74) is -2.66. The van der Waals surface area contributed by atoms with Crippen molar-refractivity contribution < 1.29 is 36.2 Å². The number of alkyl halides is 5. The van der Waals surface area contributed by atoms with Crippen LogP contribution in [0, 0.1) is 5.82 Å². The van der Waals surface area contributed by atoms with Gasteiger partial charge in [-0.15, -0.1) is 0 Å². The van der Waals surface area contributed by atoms with Gasteiger partial charge in [-0.1, -0.05) is 0 Å². The van der Waals surface area contributed by atoms with Gasteiger partial charge in [0.2, 0.25) is 5.91 Å². The van der Waals surface area contributed by atoms with Gasteiger partial charge in [0.05, 0.1) is 23.7 Å². The SMILES string of the molecule is CC(C(=O)Nc1ccc(F)cn1)N1CCC(F)(F)C(c2c[nH]c(=O)c([C@@H](O)C(F)(F)F)c2)C1. The van der Waals surface area contributed by atoms with Gasteiger partial charge < -0.3 is 15.4 Å². The molecule has 7 nitrogen and oxygen atoms in total. The standard InChI is InChI=1S/C20H20F6N4O3/c1-10(17(32)29-15-3-2-12(21)8-27-15)30-5-4-19(22,23)14(9-30)11-6-13(18(33)28-7-11)16(31)20(24,25)26/h2-3,6-8,10,14,16,31H,4-5,9H2,1H3,(H,28,33)(H,27,29,32)/t10?,14?,16-/m1/s1. The number of piperidine rings is 1. The molecule has 180 valence electrons. The summed E-state index contributed by atoms with van der Waals surface area (Å²) >= 11 is 0. The van der Waals surface area contributed by atoms with E-state index in [9.17, 15) is 41.0 Å². The van der Waals surface area contributed by atoms with Crippen molar-refractivity contribution in [3.63, 3.8) is 0 Å². The lowest BCUT2D eigenvalue weighted by atomic mass is 9.86. The minimum Gasteiger partial charge on any atom is -0.379 e. The Morgan fingerprint density at radius 1 is 1.36 bits per heavy atom. The van der Waals surface area contributed by atoms with Gasteiger partial charge in [0.25, 0.3) is 11.5 Å². The number of likely N-dealkylation sites (tertiary alicyclic amines) is 1. The Kier molecular flexibility index (Phi) is 6.84. The molecular weight excluding hydrogens is 458 g/mol. The summed E-state index contributed by atoms with van der Waals surface area (Å²) < 4.78 is 81.0. The molecule has 1 amide bonds. The number of H-pyrrole nitrogens is 1. The number of aliphatic hydroxyl groups excluding tert-OH is 1. The Hall–Kier alpha value is -2.93. The Morgan fingerprint density at radius 3 is 2.67 bits per heavy atom. The van der Waals surface area contributed by atoms with E-state index in [4.69, 9.17) is 0 Å². The third kappa shape index (κ3) is 5.53. The summed E-state index contributed by atoms with van der Waals surface area (Å²) in [4.78, 5) is 31.4. The number of aromatic nitrogens is 2. The van der Waals surface area contributed by atoms with Crippen LogP contribution < -0.4 is 10.9 Å². The summed E-state index contributed by atoms with van der Waals surface area (Å²) in [6, 6.07) is 1.99. The fraction of sp³-hybridized carbons (Fsp3) is 0.450. The van der Waals surface area contributed by atoms with E-state index >= 15 is 0 Å². The van der Waals surface area contributed by atoms with Gasteiger partial charge >= 0.3 is 6.18 Å². The summed E-state index contributed by atoms with van der Waals surface area (Å²) in [6.07, 6.45) is -7.22. The summed E-state index contributed by atoms with van der Waals surface area (Å²) in [6.45, 7) is 0.855. The molecule has 3 N–H and O–H groups in total. The highest BCUT2D eigenvalue weighted by Gasteiger charge is 2.47. The molecular formula is C20H20F6N4O3. The number of nitrogens with zero attached hydrogens (tertiary/aromatic N) is 2. The molecule has 0 spiro atoms. The Bertz CT molecular complexity index is 1060. The highest BCUT2D eigenvalue weighted by molar-refractivity contribution is 5.93. The minimum atomic E-state index is -5.16. The second-order valence-corrected chi connectivity index (χ2v) is 7.75. The van der Waals surface area contributed by atoms with Crippen LogP contribution >= 0.6 is 0 Å². The zero-order valence-corrected chi connectivity index (χ0v) is 17.2. The van der Waals surface area contributed by atoms with Crippen LogP contribution in [0.3, 0.4) is 0 Å². The Labute approximate surface area is 183 Å². The summed E-state index contributed by atoms with van der Waals surface area (Å²) in [5, 5.41) is 11.9. The van der Waals surface area contributed by atoms with Crippen LogP contribution in [0.25, 0.3) is 0 Å². The van der Waals surface area contributed by atoms with Gasteiger partial charge in [-0.3, -0.25) is 14.5 Å². The molecule has 33 heavy (non-hydrogen) atoms. The third-order valence-electron chi connectivity index (χ3n) is 5.53. The van der Waals surface area contributed by atoms with E-state index in [1.165, 1.54) is 17.9 Å². The topological polar surface area (TPSA) is 98.3 Å². The number of aliphatic hydroxyl groups is 1. The first-order valence-electron chi connectivity index (χ1n) is 9.81. The van der Waals surface area contributed by atoms with Crippen LogP contribution in [0.4, 0.5) is 32.2 Å². The van der Waals surface area contributed by atoms with E-state index in [1.807, 2.05) is 4.98 Å². The number of nitrogens with one attached hydrogen (secondary N) is 2. The van der Waals surface area contributed by atoms with Crippen LogP contribution in [-0.2, 0) is 4.79 Å². The zero-order valence-electron chi connectivity index (χ0n) is 17.2. The van der Waals surface area contributed by atoms with E-state index < -0.39 is 66.0 Å². The lowest BCUT2D eigenvalue weighted by Crippen LogP contribution is -2.52. The molecule has 13 heteroatoms. The number of carbonyl (C=O) groups is 1. The lowest BCUT2D eigenvalue weighted by Gasteiger charge is -2.40. The highest BCUT2D eigenvalue weighted by Crippen LogP contribution is 2.41. The number of carbonyl (C=O) groups excluding carboxylic acids is 1. The summed E-state index contributed by atoms with van der Waals surface area (Å²) in [7, 11) is 0. The maximum absolute atomic E-state index is 14.7. The molecule has 0 aliphatic carbocycles. The molecule has 3 atom stereocenters. The number of rotatable bonds is 5. The number of halogens is 6. The molecule has 2 aromatic rings. The van der Waals surface area contributed by atoms with E-state index in [2.05, 4.69) is 10.3 Å². The molecule has 1 aliphatic heterocycles. The van der Waals surface area contributed by atoms with Crippen LogP contribution in [-0.4, -0.2) is 57.1 Å². The van der Waals surface area contributed by atoms with Crippen molar-refractivity contribution in [1.82, 2.24) is 14.9 Å². The second kappa shape index (κ2) is 9.14. The average Bonchev–Trinajstić information content (AvgIpc) is 2.74. The normalized spacial score (nSPS) is 20.8. The maximum Gasteiger partial charge on any atom is 0.418 e. The van der Waals surface area contributed by atoms with Gasteiger partial charge in [-0.25, -0.2) is 18.2 Å².